The number of primary amides is 1. The monoisotopic (exact) mass is 273 g/mol. The number of rotatable bonds is 4. The first-order valence-electron chi connectivity index (χ1n) is 5.53. The predicted molar refractivity (Wildman–Crippen MR) is 60.2 cm³/mol. The molecular formula is C10H15N3O6. The third kappa shape index (κ3) is 2.28. The molecular weight excluding hydrogens is 258 g/mol. The fourth-order valence-electron chi connectivity index (χ4n) is 1.98. The summed E-state index contributed by atoms with van der Waals surface area (Å²) in [6.07, 6.45) is -3.19. The van der Waals surface area contributed by atoms with Gasteiger partial charge in [0.1, 0.15) is 24.6 Å². The molecule has 1 fully saturated rings. The first kappa shape index (κ1) is 13.7. The fourth-order valence-corrected chi connectivity index (χ4v) is 1.98. The second kappa shape index (κ2) is 5.13. The number of aromatic hydroxyl groups is 1. The number of hydrogen-bond acceptors (Lipinski definition) is 7. The highest BCUT2D eigenvalue weighted by molar-refractivity contribution is 5.92. The Morgan fingerprint density at radius 1 is 1.58 bits per heavy atom. The van der Waals surface area contributed by atoms with Gasteiger partial charge in [-0.1, -0.05) is 0 Å². The van der Waals surface area contributed by atoms with E-state index in [1.807, 2.05) is 0 Å². The maximum atomic E-state index is 11.0. The molecule has 2 heterocycles. The van der Waals surface area contributed by atoms with Gasteiger partial charge in [-0.05, 0) is 0 Å². The number of nitrogens with two attached hydrogens (primary N) is 1. The van der Waals surface area contributed by atoms with Gasteiger partial charge < -0.3 is 30.5 Å². The maximum Gasteiger partial charge on any atom is 0.272 e. The van der Waals surface area contributed by atoms with Crippen molar-refractivity contribution in [1.29, 1.82) is 0 Å². The Balaban J connectivity index is 2.25. The molecule has 0 radical (unpaired) electrons. The third-order valence-electron chi connectivity index (χ3n) is 2.94. The minimum absolute atomic E-state index is 0.0763. The van der Waals surface area contributed by atoms with Crippen molar-refractivity contribution in [3.8, 4) is 5.88 Å². The molecule has 5 N–H and O–H groups in total. The lowest BCUT2D eigenvalue weighted by molar-refractivity contribution is -0.0617. The Labute approximate surface area is 108 Å². The van der Waals surface area contributed by atoms with E-state index in [1.54, 1.807) is 0 Å². The topological polar surface area (TPSA) is 140 Å². The van der Waals surface area contributed by atoms with Crippen LogP contribution in [0.25, 0.3) is 0 Å². The Kier molecular flexibility index (Phi) is 3.71. The lowest BCUT2D eigenvalue weighted by Crippen LogP contribution is -2.33. The first-order chi connectivity index (χ1) is 8.97. The van der Waals surface area contributed by atoms with Crippen molar-refractivity contribution in [3.63, 3.8) is 0 Å². The van der Waals surface area contributed by atoms with Crippen molar-refractivity contribution in [2.45, 2.75) is 24.5 Å². The number of ether oxygens (including phenoxy) is 2. The molecule has 4 atom stereocenters. The average molecular weight is 273 g/mol. The van der Waals surface area contributed by atoms with Crippen LogP contribution >= 0.6 is 0 Å². The number of nitrogens with zero attached hydrogens (tertiary/aromatic N) is 2. The molecule has 0 spiro atoms. The molecule has 1 aliphatic heterocycles. The molecule has 2 rings (SSSR count). The fraction of sp³-hybridized carbons (Fsp3) is 0.600. The van der Waals surface area contributed by atoms with E-state index in [0.29, 0.717) is 0 Å². The second-order valence-corrected chi connectivity index (χ2v) is 4.19. The van der Waals surface area contributed by atoms with Crippen LogP contribution in [0.2, 0.25) is 0 Å². The molecule has 106 valence electrons. The summed E-state index contributed by atoms with van der Waals surface area (Å²) in [6, 6.07) is 0. The molecule has 19 heavy (non-hydrogen) atoms. The summed E-state index contributed by atoms with van der Waals surface area (Å²) in [7, 11) is 1.43. The Hall–Kier alpha value is -1.68. The minimum atomic E-state index is -1.29. The van der Waals surface area contributed by atoms with Crippen molar-refractivity contribution >= 4 is 5.91 Å². The number of methoxy groups -OCH3 is 1. The van der Waals surface area contributed by atoms with Crippen LogP contribution in [0.15, 0.2) is 6.33 Å². The maximum absolute atomic E-state index is 11.0. The van der Waals surface area contributed by atoms with Crippen LogP contribution in [-0.4, -0.2) is 62.8 Å². The largest absolute Gasteiger partial charge is 0.493 e. The molecule has 0 unspecified atom stereocenters. The number of aliphatic hydroxyl groups is 2. The van der Waals surface area contributed by atoms with E-state index in [9.17, 15) is 20.1 Å². The number of aliphatic hydroxyl groups excluding tert-OH is 2. The normalized spacial score (nSPS) is 30.7. The summed E-state index contributed by atoms with van der Waals surface area (Å²) < 4.78 is 11.2. The van der Waals surface area contributed by atoms with Gasteiger partial charge in [0.2, 0.25) is 5.88 Å². The summed E-state index contributed by atoms with van der Waals surface area (Å²) in [4.78, 5) is 14.6. The lowest BCUT2D eigenvalue weighted by Gasteiger charge is -2.16. The molecule has 1 saturated heterocycles. The SMILES string of the molecule is COC[C@H]1O[C@@H](n2cnc(C(N)=O)c2O)[C@H](O)[C@@H]1O. The second-order valence-electron chi connectivity index (χ2n) is 4.19. The molecule has 9 heteroatoms. The number of imidazole rings is 1. The van der Waals surface area contributed by atoms with Gasteiger partial charge in [-0.2, -0.15) is 0 Å². The van der Waals surface area contributed by atoms with Crippen LogP contribution in [0.5, 0.6) is 5.88 Å². The molecule has 0 aliphatic carbocycles. The van der Waals surface area contributed by atoms with Gasteiger partial charge in [-0.25, -0.2) is 4.98 Å². The van der Waals surface area contributed by atoms with E-state index < -0.39 is 36.3 Å². The number of carbonyl (C=O) groups excluding carboxylic acids is 1. The highest BCUT2D eigenvalue weighted by atomic mass is 16.6. The summed E-state index contributed by atoms with van der Waals surface area (Å²) in [6.45, 7) is 0.0763. The van der Waals surface area contributed by atoms with Crippen molar-refractivity contribution in [3.05, 3.63) is 12.0 Å². The summed E-state index contributed by atoms with van der Waals surface area (Å²) >= 11 is 0. The molecule has 0 saturated carbocycles. The smallest absolute Gasteiger partial charge is 0.272 e. The standard InChI is InChI=1S/C10H15N3O6/c1-18-2-4-6(14)7(15)10(19-4)13-3-12-5(8(11)16)9(13)17/h3-4,6-7,10,14-15,17H,2H2,1H3,(H2,11,16)/t4-,6-,7-,10-/m1/s1. The Morgan fingerprint density at radius 2 is 2.26 bits per heavy atom. The van der Waals surface area contributed by atoms with Crippen molar-refractivity contribution in [1.82, 2.24) is 9.55 Å². The minimum Gasteiger partial charge on any atom is -0.493 e. The van der Waals surface area contributed by atoms with E-state index in [2.05, 4.69) is 4.98 Å². The number of aromatic nitrogens is 2. The van der Waals surface area contributed by atoms with E-state index in [-0.39, 0.29) is 12.3 Å². The molecule has 1 aromatic rings. The average Bonchev–Trinajstić information content (AvgIpc) is 2.85. The van der Waals surface area contributed by atoms with Gasteiger partial charge in [0.05, 0.1) is 6.61 Å². The molecule has 1 aliphatic rings. The van der Waals surface area contributed by atoms with Crippen LogP contribution < -0.4 is 5.73 Å². The van der Waals surface area contributed by atoms with Crippen molar-refractivity contribution in [2.24, 2.45) is 5.73 Å². The van der Waals surface area contributed by atoms with Crippen molar-refractivity contribution in [2.75, 3.05) is 13.7 Å². The highest BCUT2D eigenvalue weighted by Gasteiger charge is 2.44. The summed E-state index contributed by atoms with van der Waals surface area (Å²) in [5.74, 6) is -1.43. The van der Waals surface area contributed by atoms with Crippen LogP contribution in [0.1, 0.15) is 16.7 Å². The predicted octanol–water partition coefficient (Wildman–Crippen LogP) is -2.05. The number of hydrogen-bond donors (Lipinski definition) is 4. The van der Waals surface area contributed by atoms with E-state index in [4.69, 9.17) is 15.2 Å². The van der Waals surface area contributed by atoms with Gasteiger partial charge in [0.15, 0.2) is 11.9 Å². The number of carbonyl (C=O) groups is 1. The Morgan fingerprint density at radius 3 is 2.79 bits per heavy atom. The first-order valence-corrected chi connectivity index (χ1v) is 5.53. The van der Waals surface area contributed by atoms with Crippen LogP contribution in [0.4, 0.5) is 0 Å². The summed E-state index contributed by atoms with van der Waals surface area (Å²) in [5.41, 5.74) is 4.68. The quantitative estimate of drug-likeness (QED) is 0.495. The highest BCUT2D eigenvalue weighted by Crippen LogP contribution is 2.33. The lowest BCUT2D eigenvalue weighted by atomic mass is 10.1. The molecule has 0 aromatic carbocycles. The van der Waals surface area contributed by atoms with Gasteiger partial charge in [0.25, 0.3) is 5.91 Å². The van der Waals surface area contributed by atoms with Gasteiger partial charge in [-0.15, -0.1) is 0 Å². The molecule has 0 bridgehead atoms. The van der Waals surface area contributed by atoms with Gasteiger partial charge >= 0.3 is 0 Å². The van der Waals surface area contributed by atoms with Crippen LogP contribution in [0, 0.1) is 0 Å². The zero-order chi connectivity index (χ0) is 14.2. The van der Waals surface area contributed by atoms with Crippen molar-refractivity contribution < 1.29 is 29.6 Å². The zero-order valence-electron chi connectivity index (χ0n) is 10.1. The zero-order valence-corrected chi connectivity index (χ0v) is 10.1. The van der Waals surface area contributed by atoms with Gasteiger partial charge in [-0.3, -0.25) is 9.36 Å². The van der Waals surface area contributed by atoms with E-state index in [0.717, 1.165) is 10.9 Å². The molecule has 1 amide bonds. The molecule has 9 nitrogen and oxygen atoms in total. The Bertz CT molecular complexity index is 476. The third-order valence-corrected chi connectivity index (χ3v) is 2.94. The van der Waals surface area contributed by atoms with Gasteiger partial charge in [0, 0.05) is 7.11 Å². The van der Waals surface area contributed by atoms with Crippen LogP contribution in [-0.2, 0) is 9.47 Å². The number of amides is 1. The van der Waals surface area contributed by atoms with E-state index >= 15 is 0 Å². The van der Waals surface area contributed by atoms with Crippen LogP contribution in [0.3, 0.4) is 0 Å². The summed E-state index contributed by atoms with van der Waals surface area (Å²) in [5, 5.41) is 29.4. The van der Waals surface area contributed by atoms with E-state index in [1.165, 1.54) is 7.11 Å². The molecule has 1 aromatic heterocycles.